The van der Waals surface area contributed by atoms with Crippen molar-refractivity contribution in [3.8, 4) is 0 Å². The summed E-state index contributed by atoms with van der Waals surface area (Å²) in [6.45, 7) is 2.83. The first-order valence-electron chi connectivity index (χ1n) is 9.06. The summed E-state index contributed by atoms with van der Waals surface area (Å²) in [5.41, 5.74) is 1.42. The van der Waals surface area contributed by atoms with E-state index in [2.05, 4.69) is 12.2 Å². The molecule has 1 atom stereocenters. The van der Waals surface area contributed by atoms with E-state index in [1.54, 1.807) is 36.0 Å². The second kappa shape index (κ2) is 8.81. The van der Waals surface area contributed by atoms with E-state index in [0.29, 0.717) is 21.8 Å². The molecule has 1 saturated heterocycles. The average Bonchev–Trinajstić information content (AvgIpc) is 2.68. The number of nitrogens with zero attached hydrogens (tertiary/aromatic N) is 1. The zero-order chi connectivity index (χ0) is 19.4. The number of thioether (sulfide) groups is 1. The van der Waals surface area contributed by atoms with Crippen LogP contribution in [0.15, 0.2) is 47.4 Å². The SMILES string of the molecule is CSc1ccc(Cl)c(C(=O)Nc2ccccc2C(=O)N2CCCC[C@@H]2C)c1. The molecule has 0 saturated carbocycles. The van der Waals surface area contributed by atoms with E-state index in [0.717, 1.165) is 30.7 Å². The van der Waals surface area contributed by atoms with Crippen LogP contribution >= 0.6 is 23.4 Å². The highest BCUT2D eigenvalue weighted by Crippen LogP contribution is 2.26. The Morgan fingerprint density at radius 2 is 1.93 bits per heavy atom. The molecule has 4 nitrogen and oxygen atoms in total. The topological polar surface area (TPSA) is 49.4 Å². The van der Waals surface area contributed by atoms with Gasteiger partial charge in [-0.25, -0.2) is 0 Å². The van der Waals surface area contributed by atoms with Crippen LogP contribution in [0.5, 0.6) is 0 Å². The van der Waals surface area contributed by atoms with Crippen LogP contribution in [-0.4, -0.2) is 35.6 Å². The number of rotatable bonds is 4. The molecule has 1 fully saturated rings. The number of nitrogens with one attached hydrogen (secondary N) is 1. The molecule has 1 N–H and O–H groups in total. The number of carbonyl (C=O) groups is 2. The maximum absolute atomic E-state index is 13.1. The molecule has 0 unspecified atom stereocenters. The van der Waals surface area contributed by atoms with Gasteiger partial charge in [-0.05, 0) is 62.8 Å². The minimum Gasteiger partial charge on any atom is -0.336 e. The van der Waals surface area contributed by atoms with Gasteiger partial charge in [0.2, 0.25) is 0 Å². The summed E-state index contributed by atoms with van der Waals surface area (Å²) >= 11 is 7.76. The summed E-state index contributed by atoms with van der Waals surface area (Å²) in [7, 11) is 0. The van der Waals surface area contributed by atoms with Gasteiger partial charge in [-0.15, -0.1) is 11.8 Å². The predicted octanol–water partition coefficient (Wildman–Crippen LogP) is 5.33. The van der Waals surface area contributed by atoms with E-state index in [1.165, 1.54) is 0 Å². The van der Waals surface area contributed by atoms with Crippen molar-refractivity contribution in [3.63, 3.8) is 0 Å². The van der Waals surface area contributed by atoms with Crippen molar-refractivity contribution < 1.29 is 9.59 Å². The molecular weight excluding hydrogens is 380 g/mol. The largest absolute Gasteiger partial charge is 0.336 e. The minimum atomic E-state index is -0.317. The van der Waals surface area contributed by atoms with Crippen LogP contribution in [0, 0.1) is 0 Å². The second-order valence-corrected chi connectivity index (χ2v) is 7.98. The first-order chi connectivity index (χ1) is 13.0. The van der Waals surface area contributed by atoms with Gasteiger partial charge >= 0.3 is 0 Å². The highest BCUT2D eigenvalue weighted by atomic mass is 35.5. The Morgan fingerprint density at radius 3 is 2.67 bits per heavy atom. The van der Waals surface area contributed by atoms with Crippen LogP contribution in [0.2, 0.25) is 5.02 Å². The van der Waals surface area contributed by atoms with Crippen LogP contribution < -0.4 is 5.32 Å². The number of hydrogen-bond acceptors (Lipinski definition) is 3. The van der Waals surface area contributed by atoms with Gasteiger partial charge in [-0.1, -0.05) is 23.7 Å². The van der Waals surface area contributed by atoms with E-state index in [4.69, 9.17) is 11.6 Å². The average molecular weight is 403 g/mol. The number of benzene rings is 2. The molecule has 2 aromatic carbocycles. The molecule has 0 radical (unpaired) electrons. The molecule has 1 heterocycles. The number of likely N-dealkylation sites (tertiary alicyclic amines) is 1. The monoisotopic (exact) mass is 402 g/mol. The molecule has 0 spiro atoms. The number of para-hydroxylation sites is 1. The van der Waals surface area contributed by atoms with E-state index in [-0.39, 0.29) is 17.9 Å². The fourth-order valence-electron chi connectivity index (χ4n) is 3.33. The molecule has 1 aliphatic heterocycles. The predicted molar refractivity (Wildman–Crippen MR) is 112 cm³/mol. The number of carbonyl (C=O) groups excluding carboxylic acids is 2. The van der Waals surface area contributed by atoms with Crippen molar-refractivity contribution in [2.24, 2.45) is 0 Å². The molecule has 142 valence electrons. The third kappa shape index (κ3) is 4.47. The summed E-state index contributed by atoms with van der Waals surface area (Å²) in [6.07, 6.45) is 5.12. The van der Waals surface area contributed by atoms with Crippen LogP contribution in [0.1, 0.15) is 46.9 Å². The molecule has 2 amide bonds. The quantitative estimate of drug-likeness (QED) is 0.703. The van der Waals surface area contributed by atoms with E-state index >= 15 is 0 Å². The zero-order valence-electron chi connectivity index (χ0n) is 15.5. The van der Waals surface area contributed by atoms with Crippen molar-refractivity contribution >= 4 is 40.9 Å². The summed E-state index contributed by atoms with van der Waals surface area (Å²) in [5, 5.41) is 3.26. The summed E-state index contributed by atoms with van der Waals surface area (Å²) < 4.78 is 0. The highest BCUT2D eigenvalue weighted by Gasteiger charge is 2.26. The van der Waals surface area contributed by atoms with Gasteiger partial charge in [0.05, 0.1) is 21.8 Å². The van der Waals surface area contributed by atoms with Crippen LogP contribution in [0.3, 0.4) is 0 Å². The fraction of sp³-hybridized carbons (Fsp3) is 0.333. The van der Waals surface area contributed by atoms with Crippen LogP contribution in [-0.2, 0) is 0 Å². The molecule has 3 rings (SSSR count). The minimum absolute atomic E-state index is 0.0398. The molecule has 27 heavy (non-hydrogen) atoms. The van der Waals surface area contributed by atoms with Crippen molar-refractivity contribution in [2.45, 2.75) is 37.1 Å². The number of hydrogen-bond donors (Lipinski definition) is 1. The van der Waals surface area contributed by atoms with Gasteiger partial charge in [-0.2, -0.15) is 0 Å². The van der Waals surface area contributed by atoms with Gasteiger partial charge < -0.3 is 10.2 Å². The maximum atomic E-state index is 13.1. The maximum Gasteiger partial charge on any atom is 0.257 e. The normalized spacial score (nSPS) is 16.9. The van der Waals surface area contributed by atoms with Crippen molar-refractivity contribution in [1.82, 2.24) is 4.90 Å². The Morgan fingerprint density at radius 1 is 1.15 bits per heavy atom. The van der Waals surface area contributed by atoms with Gasteiger partial charge in [0, 0.05) is 17.5 Å². The Bertz CT molecular complexity index is 856. The third-order valence-corrected chi connectivity index (χ3v) is 5.94. The van der Waals surface area contributed by atoms with Crippen LogP contribution in [0.25, 0.3) is 0 Å². The van der Waals surface area contributed by atoms with Crippen molar-refractivity contribution in [1.29, 1.82) is 0 Å². The summed E-state index contributed by atoms with van der Waals surface area (Å²) in [4.78, 5) is 28.7. The van der Waals surface area contributed by atoms with E-state index in [1.807, 2.05) is 29.4 Å². The molecule has 0 aromatic heterocycles. The highest BCUT2D eigenvalue weighted by molar-refractivity contribution is 7.98. The lowest BCUT2D eigenvalue weighted by atomic mass is 10.0. The van der Waals surface area contributed by atoms with Crippen LogP contribution in [0.4, 0.5) is 5.69 Å². The first-order valence-corrected chi connectivity index (χ1v) is 10.7. The van der Waals surface area contributed by atoms with E-state index < -0.39 is 0 Å². The summed E-state index contributed by atoms with van der Waals surface area (Å²) in [6, 6.07) is 12.7. The zero-order valence-corrected chi connectivity index (χ0v) is 17.1. The van der Waals surface area contributed by atoms with E-state index in [9.17, 15) is 9.59 Å². The van der Waals surface area contributed by atoms with Gasteiger partial charge in [0.1, 0.15) is 0 Å². The van der Waals surface area contributed by atoms with Crippen molar-refractivity contribution in [3.05, 3.63) is 58.6 Å². The lowest BCUT2D eigenvalue weighted by molar-refractivity contribution is 0.0636. The molecule has 0 aliphatic carbocycles. The van der Waals surface area contributed by atoms with Gasteiger partial charge in [-0.3, -0.25) is 9.59 Å². The Labute approximate surface area is 169 Å². The molecule has 2 aromatic rings. The van der Waals surface area contributed by atoms with Gasteiger partial charge in [0.25, 0.3) is 11.8 Å². The molecule has 6 heteroatoms. The Kier molecular flexibility index (Phi) is 6.45. The van der Waals surface area contributed by atoms with Gasteiger partial charge in [0.15, 0.2) is 0 Å². The van der Waals surface area contributed by atoms with Crippen molar-refractivity contribution in [2.75, 3.05) is 18.1 Å². The Hall–Kier alpha value is -1.98. The number of anilines is 1. The molecular formula is C21H23ClN2O2S. The molecule has 0 bridgehead atoms. The Balaban J connectivity index is 1.86. The number of amides is 2. The number of halogens is 1. The second-order valence-electron chi connectivity index (χ2n) is 6.69. The fourth-order valence-corrected chi connectivity index (χ4v) is 3.97. The smallest absolute Gasteiger partial charge is 0.257 e. The summed E-state index contributed by atoms with van der Waals surface area (Å²) in [5.74, 6) is -0.357. The molecule has 1 aliphatic rings. The lowest BCUT2D eigenvalue weighted by Gasteiger charge is -2.34. The lowest BCUT2D eigenvalue weighted by Crippen LogP contribution is -2.42. The number of piperidine rings is 1. The standard InChI is InChI=1S/C21H23ClN2O2S/c1-14-7-5-6-12-24(14)21(26)16-8-3-4-9-19(16)23-20(25)17-13-15(27-2)10-11-18(17)22/h3-4,8-11,13-14H,5-7,12H2,1-2H3,(H,23,25)/t14-/m0/s1. The first kappa shape index (κ1) is 19.8. The third-order valence-electron chi connectivity index (χ3n) is 4.89.